The van der Waals surface area contributed by atoms with Crippen LogP contribution < -0.4 is 0 Å². The van der Waals surface area contributed by atoms with Gasteiger partial charge in [-0.3, -0.25) is 0 Å². The van der Waals surface area contributed by atoms with Crippen LogP contribution in [-0.2, 0) is 6.42 Å². The van der Waals surface area contributed by atoms with Gasteiger partial charge < -0.3 is 0 Å². The molecule has 0 N–H and O–H groups in total. The molecule has 0 spiro atoms. The molecule has 0 saturated heterocycles. The maximum Gasteiger partial charge on any atom is 0.0409 e. The Balaban J connectivity index is 2.63. The van der Waals surface area contributed by atoms with Crippen molar-refractivity contribution < 1.29 is 0 Å². The van der Waals surface area contributed by atoms with Gasteiger partial charge >= 0.3 is 0 Å². The predicted molar refractivity (Wildman–Crippen MR) is 75.8 cm³/mol. The van der Waals surface area contributed by atoms with E-state index in [-0.39, 0.29) is 0 Å². The summed E-state index contributed by atoms with van der Waals surface area (Å²) in [7, 11) is 0. The van der Waals surface area contributed by atoms with Crippen LogP contribution in [0.2, 0.25) is 0 Å². The van der Waals surface area contributed by atoms with Crippen molar-refractivity contribution in [3.8, 4) is 0 Å². The molecule has 0 nitrogen and oxygen atoms in total. The third-order valence-electron chi connectivity index (χ3n) is 2.99. The largest absolute Gasteiger partial charge is 0.0838 e. The molecule has 0 bridgehead atoms. The van der Waals surface area contributed by atoms with E-state index < -0.39 is 0 Å². The Labute approximate surface area is 116 Å². The molecule has 0 fully saturated rings. The summed E-state index contributed by atoms with van der Waals surface area (Å²) in [6, 6.07) is 2.22. The van der Waals surface area contributed by atoms with Gasteiger partial charge in [-0.2, -0.15) is 0 Å². The number of hydrogen-bond acceptors (Lipinski definition) is 0. The van der Waals surface area contributed by atoms with Crippen LogP contribution in [0.4, 0.5) is 0 Å². The number of rotatable bonds is 0. The molecule has 1 atom stereocenters. The summed E-state index contributed by atoms with van der Waals surface area (Å²) in [5, 5.41) is 0. The van der Waals surface area contributed by atoms with Crippen LogP contribution in [0.5, 0.6) is 0 Å². The molecule has 2 rings (SSSR count). The first kappa shape index (κ1) is 12.1. The second-order valence-electron chi connectivity index (χ2n) is 4.09. The number of aryl methyl sites for hydroxylation is 1. The first-order chi connectivity index (χ1) is 7.11. The summed E-state index contributed by atoms with van der Waals surface area (Å²) >= 11 is 11.2. The lowest BCUT2D eigenvalue weighted by Crippen LogP contribution is -1.98. The third kappa shape index (κ3) is 2.34. The molecule has 0 amide bonds. The topological polar surface area (TPSA) is 0 Å². The van der Waals surface area contributed by atoms with Gasteiger partial charge in [0.05, 0.1) is 0 Å². The molecule has 1 aliphatic carbocycles. The second-order valence-corrected chi connectivity index (χ2v) is 6.85. The van der Waals surface area contributed by atoms with E-state index >= 15 is 0 Å². The molecule has 1 unspecified atom stereocenters. The molecular formula is C12H13Br3. The molecule has 1 aromatic rings. The van der Waals surface area contributed by atoms with E-state index in [4.69, 9.17) is 0 Å². The van der Waals surface area contributed by atoms with E-state index in [9.17, 15) is 0 Å². The Morgan fingerprint density at radius 2 is 2.00 bits per heavy atom. The number of hydrogen-bond donors (Lipinski definition) is 0. The highest BCUT2D eigenvalue weighted by Crippen LogP contribution is 2.43. The van der Waals surface area contributed by atoms with Crippen molar-refractivity contribution in [3.63, 3.8) is 0 Å². The van der Waals surface area contributed by atoms with Gasteiger partial charge in [-0.25, -0.2) is 0 Å². The van der Waals surface area contributed by atoms with Gasteiger partial charge in [-0.1, -0.05) is 54.2 Å². The van der Waals surface area contributed by atoms with Crippen molar-refractivity contribution in [1.82, 2.24) is 0 Å². The van der Waals surface area contributed by atoms with E-state index in [1.165, 1.54) is 51.3 Å². The van der Waals surface area contributed by atoms with Gasteiger partial charge in [-0.05, 0) is 48.9 Å². The molecule has 1 aliphatic rings. The lowest BCUT2D eigenvalue weighted by molar-refractivity contribution is 0.708. The maximum absolute atomic E-state index is 3.81. The number of benzene rings is 1. The quantitative estimate of drug-likeness (QED) is 0.390. The molecular weight excluding hydrogens is 384 g/mol. The van der Waals surface area contributed by atoms with Crippen LogP contribution in [0.25, 0.3) is 0 Å². The summed E-state index contributed by atoms with van der Waals surface area (Å²) in [4.78, 5) is 0.501. The first-order valence-electron chi connectivity index (χ1n) is 5.22. The Morgan fingerprint density at radius 1 is 1.27 bits per heavy atom. The highest BCUT2D eigenvalue weighted by molar-refractivity contribution is 9.11. The Hall–Kier alpha value is 0.660. The van der Waals surface area contributed by atoms with Crippen molar-refractivity contribution in [2.24, 2.45) is 0 Å². The van der Waals surface area contributed by atoms with Gasteiger partial charge in [0, 0.05) is 13.8 Å². The zero-order chi connectivity index (χ0) is 11.0. The molecule has 82 valence electrons. The zero-order valence-electron chi connectivity index (χ0n) is 8.62. The van der Waals surface area contributed by atoms with E-state index in [1.54, 1.807) is 0 Å². The van der Waals surface area contributed by atoms with Gasteiger partial charge in [0.25, 0.3) is 0 Å². The van der Waals surface area contributed by atoms with Gasteiger partial charge in [-0.15, -0.1) is 0 Å². The van der Waals surface area contributed by atoms with Crippen molar-refractivity contribution in [3.05, 3.63) is 31.7 Å². The molecule has 0 radical (unpaired) electrons. The molecule has 15 heavy (non-hydrogen) atoms. The van der Waals surface area contributed by atoms with Crippen LogP contribution in [0.15, 0.2) is 15.0 Å². The second kappa shape index (κ2) is 4.89. The first-order valence-corrected chi connectivity index (χ1v) is 7.73. The lowest BCUT2D eigenvalue weighted by Gasteiger charge is -2.17. The molecule has 1 aromatic carbocycles. The number of halogens is 3. The van der Waals surface area contributed by atoms with Crippen LogP contribution in [0.1, 0.15) is 40.8 Å². The van der Waals surface area contributed by atoms with E-state index in [0.717, 1.165) is 0 Å². The molecule has 0 aliphatic heterocycles. The molecule has 0 saturated carbocycles. The van der Waals surface area contributed by atoms with Gasteiger partial charge in [0.1, 0.15) is 0 Å². The van der Waals surface area contributed by atoms with Crippen LogP contribution >= 0.6 is 47.8 Å². The highest BCUT2D eigenvalue weighted by atomic mass is 79.9. The monoisotopic (exact) mass is 394 g/mol. The maximum atomic E-state index is 3.81. The summed E-state index contributed by atoms with van der Waals surface area (Å²) in [5.41, 5.74) is 4.25. The summed E-state index contributed by atoms with van der Waals surface area (Å²) in [6.45, 7) is 2.15. The summed E-state index contributed by atoms with van der Waals surface area (Å²) < 4.78 is 2.55. The van der Waals surface area contributed by atoms with Crippen molar-refractivity contribution >= 4 is 47.8 Å². The Kier molecular flexibility index (Phi) is 3.95. The van der Waals surface area contributed by atoms with E-state index in [0.29, 0.717) is 4.83 Å². The van der Waals surface area contributed by atoms with Crippen LogP contribution in [-0.4, -0.2) is 0 Å². The minimum atomic E-state index is 0.501. The summed E-state index contributed by atoms with van der Waals surface area (Å²) in [5.74, 6) is 0. The smallest absolute Gasteiger partial charge is 0.0409 e. The van der Waals surface area contributed by atoms with Crippen molar-refractivity contribution in [2.75, 3.05) is 0 Å². The molecule has 0 aromatic heterocycles. The SMILES string of the molecule is Cc1cc(Br)c2c(c1Br)C(Br)CCCC2. The van der Waals surface area contributed by atoms with Crippen LogP contribution in [0.3, 0.4) is 0 Å². The number of alkyl halides is 1. The third-order valence-corrected chi connectivity index (χ3v) is 5.66. The van der Waals surface area contributed by atoms with Crippen molar-refractivity contribution in [1.29, 1.82) is 0 Å². The fraction of sp³-hybridized carbons (Fsp3) is 0.500. The number of fused-ring (bicyclic) bond motifs is 1. The van der Waals surface area contributed by atoms with Gasteiger partial charge in [0.2, 0.25) is 0 Å². The molecule has 0 heterocycles. The Morgan fingerprint density at radius 3 is 2.73 bits per heavy atom. The Bertz CT molecular complexity index is 385. The fourth-order valence-electron chi connectivity index (χ4n) is 2.16. The van der Waals surface area contributed by atoms with Gasteiger partial charge in [0.15, 0.2) is 0 Å². The highest BCUT2D eigenvalue weighted by Gasteiger charge is 2.22. The van der Waals surface area contributed by atoms with Crippen molar-refractivity contribution in [2.45, 2.75) is 37.4 Å². The summed E-state index contributed by atoms with van der Waals surface area (Å²) in [6.07, 6.45) is 5.03. The standard InChI is InChI=1S/C12H13Br3/c1-7-6-10(14)8-4-2-3-5-9(13)11(8)12(7)15/h6,9H,2-5H2,1H3. The minimum Gasteiger partial charge on any atom is -0.0838 e. The average molecular weight is 397 g/mol. The minimum absolute atomic E-state index is 0.501. The lowest BCUT2D eigenvalue weighted by atomic mass is 10.0. The zero-order valence-corrected chi connectivity index (χ0v) is 13.4. The van der Waals surface area contributed by atoms with Crippen LogP contribution in [0, 0.1) is 6.92 Å². The van der Waals surface area contributed by atoms with E-state index in [1.807, 2.05) is 0 Å². The van der Waals surface area contributed by atoms with E-state index in [2.05, 4.69) is 60.8 Å². The fourth-order valence-corrected chi connectivity index (χ4v) is 4.69. The predicted octanol–water partition coefficient (Wildman–Crippen LogP) is 5.68. The normalized spacial score (nSPS) is 20.9. The average Bonchev–Trinajstić information content (AvgIpc) is 2.37. The molecule has 3 heteroatoms.